The third-order valence-electron chi connectivity index (χ3n) is 4.25. The monoisotopic (exact) mass is 501 g/mol. The van der Waals surface area contributed by atoms with Gasteiger partial charge in [-0.25, -0.2) is 4.79 Å². The van der Waals surface area contributed by atoms with Gasteiger partial charge in [-0.3, -0.25) is 19.2 Å². The van der Waals surface area contributed by atoms with E-state index in [9.17, 15) is 24.0 Å². The number of carbonyl (C=O) groups is 5. The molecule has 35 heavy (non-hydrogen) atoms. The number of amides is 1. The number of Topliss-reactive ketones (excluding diaryl/α,β-unsaturated/α-hetero) is 1. The van der Waals surface area contributed by atoms with Crippen LogP contribution < -0.4 is 5.32 Å². The van der Waals surface area contributed by atoms with Crippen molar-refractivity contribution in [1.29, 1.82) is 0 Å². The zero-order chi connectivity index (χ0) is 27.6. The molecule has 10 heteroatoms. The zero-order valence-electron chi connectivity index (χ0n) is 22.9. The van der Waals surface area contributed by atoms with Gasteiger partial charge in [0.2, 0.25) is 0 Å². The first-order valence-corrected chi connectivity index (χ1v) is 11.8. The van der Waals surface area contributed by atoms with Crippen LogP contribution in [0.3, 0.4) is 0 Å². The van der Waals surface area contributed by atoms with E-state index >= 15 is 0 Å². The molecule has 2 atom stereocenters. The Hall–Kier alpha value is -2.65. The highest BCUT2D eigenvalue weighted by molar-refractivity contribution is 5.91. The maximum absolute atomic E-state index is 13.2. The number of ether oxygens (including phenoxy) is 4. The van der Waals surface area contributed by atoms with Crippen molar-refractivity contribution in [2.75, 3.05) is 7.11 Å². The number of methoxy groups -OCH3 is 1. The van der Waals surface area contributed by atoms with Gasteiger partial charge in [0, 0.05) is 19.3 Å². The van der Waals surface area contributed by atoms with Crippen LogP contribution in [0.1, 0.15) is 94.4 Å². The lowest BCUT2D eigenvalue weighted by Gasteiger charge is -2.26. The summed E-state index contributed by atoms with van der Waals surface area (Å²) in [5, 5.41) is 2.48. The summed E-state index contributed by atoms with van der Waals surface area (Å²) in [7, 11) is 1.22. The molecule has 0 aliphatic heterocycles. The van der Waals surface area contributed by atoms with E-state index in [0.717, 1.165) is 0 Å². The fraction of sp³-hybridized carbons (Fsp3) is 0.800. The Labute approximate surface area is 208 Å². The highest BCUT2D eigenvalue weighted by Gasteiger charge is 2.32. The molecule has 0 aromatic rings. The summed E-state index contributed by atoms with van der Waals surface area (Å²) in [5.41, 5.74) is -2.29. The summed E-state index contributed by atoms with van der Waals surface area (Å²) in [6, 6.07) is -1.10. The van der Waals surface area contributed by atoms with Crippen LogP contribution in [0.15, 0.2) is 0 Å². The van der Waals surface area contributed by atoms with Crippen LogP contribution in [0.25, 0.3) is 0 Å². The Morgan fingerprint density at radius 3 is 1.63 bits per heavy atom. The number of alkyl carbamates (subject to hydrolysis) is 1. The van der Waals surface area contributed by atoms with E-state index < -0.39 is 58.5 Å². The molecule has 0 aliphatic carbocycles. The summed E-state index contributed by atoms with van der Waals surface area (Å²) in [6.45, 7) is 15.3. The SMILES string of the molecule is COC(=O)CC[C@@H](NC(=O)OC(C)(C)C)C(=O)C[C@H](CCC(=O)OC(C)(C)C)C(=O)OC(C)(C)C. The normalized spacial score (nSPS) is 13.8. The molecule has 0 aromatic heterocycles. The van der Waals surface area contributed by atoms with Gasteiger partial charge in [-0.2, -0.15) is 0 Å². The molecule has 1 N–H and O–H groups in total. The Morgan fingerprint density at radius 2 is 1.17 bits per heavy atom. The predicted octanol–water partition coefficient (Wildman–Crippen LogP) is 3.87. The number of rotatable bonds is 11. The Kier molecular flexibility index (Phi) is 12.4. The molecule has 0 aromatic carbocycles. The van der Waals surface area contributed by atoms with Crippen LogP contribution in [-0.4, -0.2) is 59.7 Å². The third-order valence-corrected chi connectivity index (χ3v) is 4.25. The molecule has 0 aliphatic rings. The largest absolute Gasteiger partial charge is 0.469 e. The van der Waals surface area contributed by atoms with Crippen molar-refractivity contribution in [3.8, 4) is 0 Å². The van der Waals surface area contributed by atoms with Gasteiger partial charge in [-0.15, -0.1) is 0 Å². The van der Waals surface area contributed by atoms with Gasteiger partial charge in [0.15, 0.2) is 5.78 Å². The molecule has 0 fully saturated rings. The van der Waals surface area contributed by atoms with E-state index in [1.165, 1.54) is 7.11 Å². The topological polar surface area (TPSA) is 134 Å². The average molecular weight is 502 g/mol. The molecule has 0 unspecified atom stereocenters. The second-order valence-corrected chi connectivity index (χ2v) is 11.3. The van der Waals surface area contributed by atoms with Gasteiger partial charge in [0.05, 0.1) is 19.1 Å². The van der Waals surface area contributed by atoms with E-state index in [1.807, 2.05) is 0 Å². The maximum Gasteiger partial charge on any atom is 0.408 e. The van der Waals surface area contributed by atoms with E-state index in [4.69, 9.17) is 14.2 Å². The molecule has 0 spiro atoms. The molecule has 0 bridgehead atoms. The summed E-state index contributed by atoms with van der Waals surface area (Å²) in [5.74, 6) is -3.15. The van der Waals surface area contributed by atoms with Crippen molar-refractivity contribution in [2.24, 2.45) is 5.92 Å². The van der Waals surface area contributed by atoms with Crippen LogP contribution in [0.5, 0.6) is 0 Å². The van der Waals surface area contributed by atoms with E-state index in [1.54, 1.807) is 62.3 Å². The molecule has 0 heterocycles. The number of nitrogens with one attached hydrogen (secondary N) is 1. The summed E-state index contributed by atoms with van der Waals surface area (Å²) >= 11 is 0. The number of esters is 3. The van der Waals surface area contributed by atoms with E-state index in [-0.39, 0.29) is 32.1 Å². The van der Waals surface area contributed by atoms with Crippen LogP contribution in [-0.2, 0) is 38.1 Å². The minimum atomic E-state index is -1.10. The fourth-order valence-electron chi connectivity index (χ4n) is 2.89. The minimum Gasteiger partial charge on any atom is -0.469 e. The number of hydrogen-bond donors (Lipinski definition) is 1. The third kappa shape index (κ3) is 16.6. The lowest BCUT2D eigenvalue weighted by molar-refractivity contribution is -0.162. The number of carbonyl (C=O) groups excluding carboxylic acids is 5. The molecular formula is C25H43NO9. The smallest absolute Gasteiger partial charge is 0.408 e. The zero-order valence-corrected chi connectivity index (χ0v) is 22.9. The lowest BCUT2D eigenvalue weighted by atomic mass is 9.92. The number of ketones is 1. The first-order chi connectivity index (χ1) is 15.7. The Morgan fingerprint density at radius 1 is 0.686 bits per heavy atom. The van der Waals surface area contributed by atoms with Crippen molar-refractivity contribution in [2.45, 2.75) is 117 Å². The highest BCUT2D eigenvalue weighted by atomic mass is 16.6. The lowest BCUT2D eigenvalue weighted by Crippen LogP contribution is -2.44. The van der Waals surface area contributed by atoms with Crippen molar-refractivity contribution in [1.82, 2.24) is 5.32 Å². The highest BCUT2D eigenvalue weighted by Crippen LogP contribution is 2.22. The molecule has 0 saturated carbocycles. The molecule has 1 amide bonds. The van der Waals surface area contributed by atoms with Crippen molar-refractivity contribution >= 4 is 29.8 Å². The molecule has 202 valence electrons. The maximum atomic E-state index is 13.2. The van der Waals surface area contributed by atoms with Gasteiger partial charge in [0.25, 0.3) is 0 Å². The molecule has 0 saturated heterocycles. The summed E-state index contributed by atoms with van der Waals surface area (Å²) in [4.78, 5) is 62.1. The summed E-state index contributed by atoms with van der Waals surface area (Å²) in [6.07, 6.45) is -1.38. The van der Waals surface area contributed by atoms with Gasteiger partial charge in [0.1, 0.15) is 16.8 Å². The molecule has 0 rings (SSSR count). The van der Waals surface area contributed by atoms with Crippen LogP contribution in [0.4, 0.5) is 4.79 Å². The van der Waals surface area contributed by atoms with Crippen LogP contribution >= 0.6 is 0 Å². The van der Waals surface area contributed by atoms with Gasteiger partial charge < -0.3 is 24.3 Å². The predicted molar refractivity (Wildman–Crippen MR) is 128 cm³/mol. The standard InChI is InChI=1S/C25H43NO9/c1-23(2,3)33-20(29)13-11-16(21(30)34-24(4,5)6)15-18(27)17(12-14-19(28)32-10)26-22(31)35-25(7,8)9/h16-17H,11-15H2,1-10H3,(H,26,31)/t16-,17+/m0/s1. The fourth-order valence-corrected chi connectivity index (χ4v) is 2.89. The second-order valence-electron chi connectivity index (χ2n) is 11.3. The second kappa shape index (κ2) is 13.4. The molecular weight excluding hydrogens is 458 g/mol. The first kappa shape index (κ1) is 32.4. The van der Waals surface area contributed by atoms with Crippen molar-refractivity contribution in [3.63, 3.8) is 0 Å². The van der Waals surface area contributed by atoms with Gasteiger partial charge in [-0.1, -0.05) is 0 Å². The van der Waals surface area contributed by atoms with Crippen molar-refractivity contribution < 1.29 is 42.9 Å². The molecule has 10 nitrogen and oxygen atoms in total. The van der Waals surface area contributed by atoms with E-state index in [2.05, 4.69) is 10.1 Å². The Bertz CT molecular complexity index is 754. The van der Waals surface area contributed by atoms with Gasteiger partial charge >= 0.3 is 24.0 Å². The quantitative estimate of drug-likeness (QED) is 0.331. The average Bonchev–Trinajstić information content (AvgIpc) is 2.63. The van der Waals surface area contributed by atoms with Crippen LogP contribution in [0.2, 0.25) is 0 Å². The number of hydrogen-bond acceptors (Lipinski definition) is 9. The minimum absolute atomic E-state index is 0.0196. The van der Waals surface area contributed by atoms with Crippen molar-refractivity contribution in [3.05, 3.63) is 0 Å². The first-order valence-electron chi connectivity index (χ1n) is 11.8. The van der Waals surface area contributed by atoms with Crippen LogP contribution in [0, 0.1) is 5.92 Å². The van der Waals surface area contributed by atoms with Gasteiger partial charge in [-0.05, 0) is 75.2 Å². The Balaban J connectivity index is 5.60. The van der Waals surface area contributed by atoms with E-state index in [0.29, 0.717) is 0 Å². The molecule has 0 radical (unpaired) electrons. The summed E-state index contributed by atoms with van der Waals surface area (Å²) < 4.78 is 20.6.